The van der Waals surface area contributed by atoms with Crippen molar-refractivity contribution >= 4 is 30.8 Å². The van der Waals surface area contributed by atoms with E-state index in [4.69, 9.17) is 41.7 Å². The molecule has 11 heteroatoms. The topological polar surface area (TPSA) is 100 Å². The van der Waals surface area contributed by atoms with Crippen molar-refractivity contribution in [2.45, 2.75) is 33.6 Å². The fourth-order valence-electron chi connectivity index (χ4n) is 2.31. The molecule has 0 amide bonds. The molecule has 0 aliphatic rings. The van der Waals surface area contributed by atoms with Crippen LogP contribution >= 0.6 is 30.8 Å². The van der Waals surface area contributed by atoms with E-state index in [-0.39, 0.29) is 58.8 Å². The first kappa shape index (κ1) is 23.7. The Morgan fingerprint density at radius 2 is 1.72 bits per heavy atom. The smallest absolute Gasteiger partial charge is 0.367 e. The van der Waals surface area contributed by atoms with E-state index in [0.29, 0.717) is 5.69 Å². The molecule has 1 N–H and O–H groups in total. The van der Waals surface area contributed by atoms with Crippen LogP contribution in [0.5, 0.6) is 23.3 Å². The van der Waals surface area contributed by atoms with Crippen LogP contribution in [0, 0.1) is 0 Å². The quantitative estimate of drug-likeness (QED) is 0.426. The zero-order valence-corrected chi connectivity index (χ0v) is 18.9. The Balaban J connectivity index is 2.19. The minimum absolute atomic E-state index is 0.0128. The molecule has 0 fully saturated rings. The van der Waals surface area contributed by atoms with Gasteiger partial charge in [0.05, 0.1) is 35.1 Å². The first-order valence-electron chi connectivity index (χ1n) is 8.92. The van der Waals surface area contributed by atoms with Gasteiger partial charge in [-0.1, -0.05) is 37.0 Å². The molecule has 1 aromatic carbocycles. The molecule has 2 rings (SSSR count). The monoisotopic (exact) mass is 464 g/mol. The fourth-order valence-corrected chi connectivity index (χ4v) is 4.18. The minimum atomic E-state index is -3.38. The van der Waals surface area contributed by atoms with Gasteiger partial charge in [-0.25, -0.2) is 0 Å². The summed E-state index contributed by atoms with van der Waals surface area (Å²) in [5.74, 6) is 0.329. The molecule has 0 saturated carbocycles. The van der Waals surface area contributed by atoms with Gasteiger partial charge in [0.2, 0.25) is 0 Å². The number of aromatic nitrogens is 2. The molecule has 1 aromatic heterocycles. The lowest BCUT2D eigenvalue weighted by molar-refractivity contribution is 0.197. The molecular formula is C18H23Cl2N2O6P. The van der Waals surface area contributed by atoms with Gasteiger partial charge in [0.25, 0.3) is 0 Å². The van der Waals surface area contributed by atoms with E-state index in [1.165, 1.54) is 18.3 Å². The second-order valence-corrected chi connectivity index (χ2v) is 8.93. The number of hydrogen-bond donors (Lipinski definition) is 1. The largest absolute Gasteiger partial charge is 0.504 e. The molecule has 0 spiro atoms. The van der Waals surface area contributed by atoms with Crippen LogP contribution < -0.4 is 9.47 Å². The number of hydrogen-bond acceptors (Lipinski definition) is 8. The summed E-state index contributed by atoms with van der Waals surface area (Å²) in [7, 11) is -3.38. The summed E-state index contributed by atoms with van der Waals surface area (Å²) < 4.78 is 33.9. The average Bonchev–Trinajstić information content (AvgIpc) is 2.64. The van der Waals surface area contributed by atoms with E-state index < -0.39 is 7.60 Å². The van der Waals surface area contributed by atoms with Gasteiger partial charge in [0, 0.05) is 12.1 Å². The van der Waals surface area contributed by atoms with E-state index in [0.717, 1.165) is 0 Å². The second-order valence-electron chi connectivity index (χ2n) is 6.12. The van der Waals surface area contributed by atoms with Gasteiger partial charge in [-0.15, -0.1) is 0 Å². The van der Waals surface area contributed by atoms with E-state index >= 15 is 0 Å². The lowest BCUT2D eigenvalue weighted by Gasteiger charge is -2.18. The van der Waals surface area contributed by atoms with Crippen molar-refractivity contribution in [3.63, 3.8) is 0 Å². The number of benzene rings is 1. The van der Waals surface area contributed by atoms with E-state index in [1.54, 1.807) is 13.8 Å². The Morgan fingerprint density at radius 3 is 2.24 bits per heavy atom. The van der Waals surface area contributed by atoms with Gasteiger partial charge in [0.15, 0.2) is 17.8 Å². The third-order valence-corrected chi connectivity index (χ3v) is 5.84. The molecule has 0 saturated heterocycles. The molecule has 8 nitrogen and oxygen atoms in total. The van der Waals surface area contributed by atoms with Crippen molar-refractivity contribution in [3.8, 4) is 23.3 Å². The molecule has 29 heavy (non-hydrogen) atoms. The van der Waals surface area contributed by atoms with Crippen LogP contribution in [-0.4, -0.2) is 34.6 Å². The van der Waals surface area contributed by atoms with E-state index in [1.807, 2.05) is 13.8 Å². The van der Waals surface area contributed by atoms with Crippen LogP contribution in [-0.2, 0) is 13.6 Å². The average molecular weight is 465 g/mol. The molecule has 2 aromatic rings. The number of aromatic hydroxyl groups is 1. The van der Waals surface area contributed by atoms with Crippen LogP contribution in [0.1, 0.15) is 39.3 Å². The van der Waals surface area contributed by atoms with Crippen molar-refractivity contribution in [2.75, 3.05) is 19.6 Å². The summed E-state index contributed by atoms with van der Waals surface area (Å²) in [5, 5.41) is 10.1. The number of nitrogens with zero attached hydrogens (tertiary/aromatic N) is 2. The lowest BCUT2D eigenvalue weighted by Crippen LogP contribution is -2.06. The fraction of sp³-hybridized carbons (Fsp3) is 0.444. The van der Waals surface area contributed by atoms with Crippen molar-refractivity contribution in [2.24, 2.45) is 0 Å². The highest BCUT2D eigenvalue weighted by molar-refractivity contribution is 7.53. The van der Waals surface area contributed by atoms with Crippen molar-refractivity contribution in [1.29, 1.82) is 0 Å². The Hall–Kier alpha value is -1.57. The van der Waals surface area contributed by atoms with Gasteiger partial charge >= 0.3 is 13.6 Å². The molecule has 0 aliphatic heterocycles. The predicted molar refractivity (Wildman–Crippen MR) is 111 cm³/mol. The Kier molecular flexibility index (Phi) is 8.55. The zero-order chi connectivity index (χ0) is 21.6. The summed E-state index contributed by atoms with van der Waals surface area (Å²) >= 11 is 12.5. The first-order valence-corrected chi connectivity index (χ1v) is 11.4. The first-order chi connectivity index (χ1) is 13.7. The molecule has 160 valence electrons. The molecular weight excluding hydrogens is 442 g/mol. The standard InChI is InChI=1S/C18H23Cl2N2O6P/c1-5-26-29(24,27-6-2)10-25-12-7-13(19)17(14(20)8-12)28-18-21-9-15(23)16(22-18)11(3)4/h7-9,11,23H,5-6,10H2,1-4H3. The highest BCUT2D eigenvalue weighted by Gasteiger charge is 2.25. The number of ether oxygens (including phenoxy) is 2. The lowest BCUT2D eigenvalue weighted by atomic mass is 10.1. The number of rotatable bonds is 10. The Morgan fingerprint density at radius 1 is 1.14 bits per heavy atom. The highest BCUT2D eigenvalue weighted by atomic mass is 35.5. The zero-order valence-electron chi connectivity index (χ0n) is 16.5. The summed E-state index contributed by atoms with van der Waals surface area (Å²) in [6, 6.07) is 2.89. The minimum Gasteiger partial charge on any atom is -0.504 e. The number of halogens is 2. The van der Waals surface area contributed by atoms with Crippen molar-refractivity contribution in [3.05, 3.63) is 34.1 Å². The molecule has 0 bridgehead atoms. The molecule has 0 radical (unpaired) electrons. The third kappa shape index (κ3) is 6.46. The van der Waals surface area contributed by atoms with E-state index in [9.17, 15) is 9.67 Å². The van der Waals surface area contributed by atoms with E-state index in [2.05, 4.69) is 9.97 Å². The Labute approximate surface area is 179 Å². The molecule has 0 atom stereocenters. The third-order valence-electron chi connectivity index (χ3n) is 3.53. The SMILES string of the molecule is CCOP(=O)(COc1cc(Cl)c(Oc2ncc(O)c(C(C)C)n2)c(Cl)c1)OCC. The summed E-state index contributed by atoms with van der Waals surface area (Å²) in [5.41, 5.74) is 0.435. The van der Waals surface area contributed by atoms with Crippen LogP contribution in [0.25, 0.3) is 0 Å². The molecule has 1 heterocycles. The van der Waals surface area contributed by atoms with Gasteiger partial charge in [-0.3, -0.25) is 4.57 Å². The highest BCUT2D eigenvalue weighted by Crippen LogP contribution is 2.48. The van der Waals surface area contributed by atoms with Gasteiger partial charge < -0.3 is 23.6 Å². The maximum atomic E-state index is 12.5. The molecule has 0 unspecified atom stereocenters. The maximum Gasteiger partial charge on any atom is 0.367 e. The summed E-state index contributed by atoms with van der Waals surface area (Å²) in [6.07, 6.45) is 0.955. The Bertz CT molecular complexity index is 864. The van der Waals surface area contributed by atoms with Crippen LogP contribution in [0.3, 0.4) is 0 Å². The van der Waals surface area contributed by atoms with Crippen molar-refractivity contribution < 1.29 is 28.2 Å². The van der Waals surface area contributed by atoms with Gasteiger partial charge in [0.1, 0.15) is 5.75 Å². The normalized spacial score (nSPS) is 11.7. The van der Waals surface area contributed by atoms with Crippen LogP contribution in [0.2, 0.25) is 10.0 Å². The summed E-state index contributed by atoms with van der Waals surface area (Å²) in [4.78, 5) is 8.11. The van der Waals surface area contributed by atoms with Gasteiger partial charge in [-0.2, -0.15) is 9.97 Å². The summed E-state index contributed by atoms with van der Waals surface area (Å²) in [6.45, 7) is 7.62. The molecule has 0 aliphatic carbocycles. The second kappa shape index (κ2) is 10.5. The predicted octanol–water partition coefficient (Wildman–Crippen LogP) is 6.01. The van der Waals surface area contributed by atoms with Crippen LogP contribution in [0.15, 0.2) is 18.3 Å². The van der Waals surface area contributed by atoms with Gasteiger partial charge in [-0.05, 0) is 19.8 Å². The van der Waals surface area contributed by atoms with Crippen LogP contribution in [0.4, 0.5) is 0 Å². The van der Waals surface area contributed by atoms with Crippen molar-refractivity contribution in [1.82, 2.24) is 9.97 Å². The maximum absolute atomic E-state index is 12.5.